The summed E-state index contributed by atoms with van der Waals surface area (Å²) >= 11 is 0. The number of carboxylic acids is 1. The van der Waals surface area contributed by atoms with Crippen molar-refractivity contribution in [2.75, 3.05) is 13.2 Å². The molecule has 4 heteroatoms. The predicted octanol–water partition coefficient (Wildman–Crippen LogP) is 1.57. The maximum atomic E-state index is 10.5. The van der Waals surface area contributed by atoms with E-state index in [1.54, 1.807) is 0 Å². The molecule has 0 fully saturated rings. The van der Waals surface area contributed by atoms with Crippen LogP contribution < -0.4 is 5.32 Å². The van der Waals surface area contributed by atoms with E-state index in [1.165, 1.54) is 0 Å². The molecule has 0 atom stereocenters. The molecule has 1 rings (SSSR count). The fourth-order valence-electron chi connectivity index (χ4n) is 1.72. The zero-order valence-electron chi connectivity index (χ0n) is 10.6. The number of carboxylic acid groups (broad SMARTS) is 1. The predicted molar refractivity (Wildman–Crippen MR) is 70.4 cm³/mol. The van der Waals surface area contributed by atoms with E-state index < -0.39 is 5.97 Å². The van der Waals surface area contributed by atoms with Crippen molar-refractivity contribution in [1.82, 2.24) is 5.32 Å². The van der Waals surface area contributed by atoms with Crippen LogP contribution in [0.1, 0.15) is 30.4 Å². The van der Waals surface area contributed by atoms with Crippen molar-refractivity contribution in [2.45, 2.75) is 32.2 Å². The number of carbonyl (C=O) groups is 1. The Morgan fingerprint density at radius 2 is 1.72 bits per heavy atom. The van der Waals surface area contributed by atoms with Gasteiger partial charge in [-0.3, -0.25) is 4.79 Å². The number of rotatable bonds is 9. The zero-order chi connectivity index (χ0) is 13.2. The molecule has 0 bridgehead atoms. The highest BCUT2D eigenvalue weighted by atomic mass is 16.4. The Bertz CT molecular complexity index is 349. The van der Waals surface area contributed by atoms with Crippen molar-refractivity contribution < 1.29 is 15.0 Å². The normalized spacial score (nSPS) is 10.5. The first-order valence-corrected chi connectivity index (χ1v) is 6.33. The van der Waals surface area contributed by atoms with Crippen LogP contribution in [0, 0.1) is 0 Å². The molecule has 1 aromatic carbocycles. The highest BCUT2D eigenvalue weighted by Crippen LogP contribution is 2.05. The summed E-state index contributed by atoms with van der Waals surface area (Å²) in [5, 5.41) is 20.6. The van der Waals surface area contributed by atoms with Crippen LogP contribution in [0.4, 0.5) is 0 Å². The Hall–Kier alpha value is -1.39. The van der Waals surface area contributed by atoms with Gasteiger partial charge in [0.1, 0.15) is 0 Å². The topological polar surface area (TPSA) is 69.6 Å². The lowest BCUT2D eigenvalue weighted by molar-refractivity contribution is -0.136. The number of hydrogen-bond acceptors (Lipinski definition) is 3. The second kappa shape index (κ2) is 8.66. The van der Waals surface area contributed by atoms with Crippen molar-refractivity contribution in [3.63, 3.8) is 0 Å². The molecule has 0 aliphatic rings. The minimum Gasteiger partial charge on any atom is -0.481 e. The third-order valence-electron chi connectivity index (χ3n) is 2.72. The van der Waals surface area contributed by atoms with Gasteiger partial charge >= 0.3 is 5.97 Å². The molecule has 100 valence electrons. The summed E-state index contributed by atoms with van der Waals surface area (Å²) < 4.78 is 0. The highest BCUT2D eigenvalue weighted by Gasteiger charge is 2.00. The van der Waals surface area contributed by atoms with E-state index in [4.69, 9.17) is 10.2 Å². The van der Waals surface area contributed by atoms with Crippen LogP contribution in [0.15, 0.2) is 24.3 Å². The number of unbranched alkanes of at least 4 members (excludes halogenated alkanes) is 2. The second-order valence-corrected chi connectivity index (χ2v) is 4.35. The zero-order valence-corrected chi connectivity index (χ0v) is 10.6. The Kier molecular flexibility index (Phi) is 7.06. The van der Waals surface area contributed by atoms with Gasteiger partial charge in [-0.15, -0.1) is 0 Å². The number of aliphatic hydroxyl groups is 1. The van der Waals surface area contributed by atoms with E-state index in [2.05, 4.69) is 5.32 Å². The molecule has 0 aliphatic heterocycles. The van der Waals surface area contributed by atoms with Crippen LogP contribution in [0.3, 0.4) is 0 Å². The second-order valence-electron chi connectivity index (χ2n) is 4.35. The average Bonchev–Trinajstić information content (AvgIpc) is 2.35. The molecule has 0 spiro atoms. The number of aliphatic carboxylic acids is 1. The number of benzene rings is 1. The maximum absolute atomic E-state index is 10.5. The fourth-order valence-corrected chi connectivity index (χ4v) is 1.72. The quantitative estimate of drug-likeness (QED) is 0.583. The van der Waals surface area contributed by atoms with Crippen LogP contribution in [-0.4, -0.2) is 29.3 Å². The number of aliphatic hydroxyl groups excluding tert-OH is 1. The molecule has 18 heavy (non-hydrogen) atoms. The third kappa shape index (κ3) is 6.37. The molecule has 3 N–H and O–H groups in total. The average molecular weight is 251 g/mol. The molecule has 4 nitrogen and oxygen atoms in total. The molecule has 1 aromatic rings. The minimum atomic E-state index is -0.801. The lowest BCUT2D eigenvalue weighted by atomic mass is 10.1. The smallest absolute Gasteiger partial charge is 0.307 e. The van der Waals surface area contributed by atoms with E-state index in [0.717, 1.165) is 43.5 Å². The van der Waals surface area contributed by atoms with Gasteiger partial charge in [-0.1, -0.05) is 24.3 Å². The Morgan fingerprint density at radius 3 is 2.33 bits per heavy atom. The molecular formula is C14H21NO3. The summed E-state index contributed by atoms with van der Waals surface area (Å²) in [6.07, 6.45) is 3.05. The standard InChI is InChI=1S/C14H21NO3/c16-9-3-1-2-8-15-11-13-6-4-12(5-7-13)10-14(17)18/h4-7,15-16H,1-3,8-11H2,(H,17,18). The summed E-state index contributed by atoms with van der Waals surface area (Å²) in [5.41, 5.74) is 1.99. The number of hydrogen-bond donors (Lipinski definition) is 3. The van der Waals surface area contributed by atoms with Crippen LogP contribution in [0.25, 0.3) is 0 Å². The summed E-state index contributed by atoms with van der Waals surface area (Å²) in [6.45, 7) is 2.01. The van der Waals surface area contributed by atoms with Crippen molar-refractivity contribution in [2.24, 2.45) is 0 Å². The first kappa shape index (κ1) is 14.7. The highest BCUT2D eigenvalue weighted by molar-refractivity contribution is 5.70. The van der Waals surface area contributed by atoms with E-state index >= 15 is 0 Å². The van der Waals surface area contributed by atoms with Crippen LogP contribution in [-0.2, 0) is 17.8 Å². The van der Waals surface area contributed by atoms with Gasteiger partial charge < -0.3 is 15.5 Å². The monoisotopic (exact) mass is 251 g/mol. The third-order valence-corrected chi connectivity index (χ3v) is 2.72. The van der Waals surface area contributed by atoms with E-state index in [1.807, 2.05) is 24.3 Å². The molecule has 0 radical (unpaired) electrons. The summed E-state index contributed by atoms with van der Waals surface area (Å²) in [7, 11) is 0. The Morgan fingerprint density at radius 1 is 1.06 bits per heavy atom. The Labute approximate surface area is 108 Å². The van der Waals surface area contributed by atoms with Gasteiger partial charge in [-0.05, 0) is 36.9 Å². The molecular weight excluding hydrogens is 230 g/mol. The van der Waals surface area contributed by atoms with Crippen LogP contribution >= 0.6 is 0 Å². The van der Waals surface area contributed by atoms with Gasteiger partial charge in [-0.25, -0.2) is 0 Å². The SMILES string of the molecule is O=C(O)Cc1ccc(CNCCCCCO)cc1. The van der Waals surface area contributed by atoms with Crippen molar-refractivity contribution in [3.8, 4) is 0 Å². The summed E-state index contributed by atoms with van der Waals surface area (Å²) in [4.78, 5) is 10.5. The fraction of sp³-hybridized carbons (Fsp3) is 0.500. The van der Waals surface area contributed by atoms with E-state index in [-0.39, 0.29) is 13.0 Å². The largest absolute Gasteiger partial charge is 0.481 e. The lowest BCUT2D eigenvalue weighted by Crippen LogP contribution is -2.14. The Balaban J connectivity index is 2.20. The van der Waals surface area contributed by atoms with Crippen molar-refractivity contribution in [1.29, 1.82) is 0 Å². The molecule has 0 saturated heterocycles. The molecule has 0 unspecified atom stereocenters. The maximum Gasteiger partial charge on any atom is 0.307 e. The molecule has 0 aliphatic carbocycles. The molecule has 0 amide bonds. The van der Waals surface area contributed by atoms with Gasteiger partial charge in [0.25, 0.3) is 0 Å². The van der Waals surface area contributed by atoms with Crippen molar-refractivity contribution >= 4 is 5.97 Å². The van der Waals surface area contributed by atoms with Crippen LogP contribution in [0.5, 0.6) is 0 Å². The number of nitrogens with one attached hydrogen (secondary N) is 1. The lowest BCUT2D eigenvalue weighted by Gasteiger charge is -2.05. The van der Waals surface area contributed by atoms with E-state index in [0.29, 0.717) is 0 Å². The van der Waals surface area contributed by atoms with E-state index in [9.17, 15) is 4.79 Å². The van der Waals surface area contributed by atoms with Gasteiger partial charge in [-0.2, -0.15) is 0 Å². The first-order valence-electron chi connectivity index (χ1n) is 6.33. The molecule has 0 aromatic heterocycles. The first-order chi connectivity index (χ1) is 8.72. The minimum absolute atomic E-state index is 0.0782. The summed E-state index contributed by atoms with van der Waals surface area (Å²) in [6, 6.07) is 7.63. The molecule has 0 heterocycles. The van der Waals surface area contributed by atoms with Gasteiger partial charge in [0, 0.05) is 13.2 Å². The summed E-state index contributed by atoms with van der Waals surface area (Å²) in [5.74, 6) is -0.801. The molecule has 0 saturated carbocycles. The van der Waals surface area contributed by atoms with Crippen molar-refractivity contribution in [3.05, 3.63) is 35.4 Å². The van der Waals surface area contributed by atoms with Gasteiger partial charge in [0.05, 0.1) is 6.42 Å². The van der Waals surface area contributed by atoms with Gasteiger partial charge in [0.2, 0.25) is 0 Å². The van der Waals surface area contributed by atoms with Gasteiger partial charge in [0.15, 0.2) is 0 Å². The van der Waals surface area contributed by atoms with Crippen LogP contribution in [0.2, 0.25) is 0 Å².